The van der Waals surface area contributed by atoms with E-state index >= 15 is 0 Å². The van der Waals surface area contributed by atoms with Gasteiger partial charge in [-0.05, 0) is 18.9 Å². The van der Waals surface area contributed by atoms with Crippen LogP contribution in [-0.4, -0.2) is 61.1 Å². The van der Waals surface area contributed by atoms with Gasteiger partial charge in [0.05, 0.1) is 25.0 Å². The first-order chi connectivity index (χ1) is 15.9. The highest BCUT2D eigenvalue weighted by molar-refractivity contribution is 5.90. The van der Waals surface area contributed by atoms with Crippen molar-refractivity contribution in [2.75, 3.05) is 29.9 Å². The number of aryl methyl sites for hydroxylation is 1. The van der Waals surface area contributed by atoms with E-state index < -0.39 is 11.7 Å². The third kappa shape index (κ3) is 4.85. The van der Waals surface area contributed by atoms with Crippen molar-refractivity contribution >= 4 is 34.3 Å². The number of hydrogen-bond acceptors (Lipinski definition) is 8. The van der Waals surface area contributed by atoms with Gasteiger partial charge in [0.1, 0.15) is 11.3 Å². The Morgan fingerprint density at radius 2 is 2.21 bits per heavy atom. The van der Waals surface area contributed by atoms with E-state index in [-0.39, 0.29) is 18.2 Å². The van der Waals surface area contributed by atoms with Gasteiger partial charge in [-0.15, -0.1) is 0 Å². The minimum Gasteiger partial charge on any atom is -0.394 e. The second kappa shape index (κ2) is 9.36. The van der Waals surface area contributed by atoms with Crippen LogP contribution in [0, 0.1) is 0 Å². The monoisotopic (exact) mass is 456 g/mol. The van der Waals surface area contributed by atoms with Crippen LogP contribution in [-0.2, 0) is 18.4 Å². The van der Waals surface area contributed by atoms with Gasteiger partial charge in [0.15, 0.2) is 5.83 Å². The summed E-state index contributed by atoms with van der Waals surface area (Å²) < 4.78 is 16.1. The minimum atomic E-state index is -1.03. The molecular weight excluding hydrogens is 431 g/mol. The fourth-order valence-corrected chi connectivity index (χ4v) is 3.88. The van der Waals surface area contributed by atoms with E-state index in [0.717, 1.165) is 6.42 Å². The Balaban J connectivity index is 1.57. The average Bonchev–Trinajstić information content (AvgIpc) is 3.23. The summed E-state index contributed by atoms with van der Waals surface area (Å²) in [6.45, 7) is 4.40. The Hall–Kier alpha value is -3.80. The van der Waals surface area contributed by atoms with Crippen LogP contribution in [0.5, 0.6) is 0 Å². The van der Waals surface area contributed by atoms with Gasteiger partial charge in [0.2, 0.25) is 5.95 Å². The second-order valence-electron chi connectivity index (χ2n) is 7.87. The largest absolute Gasteiger partial charge is 0.394 e. The van der Waals surface area contributed by atoms with Crippen LogP contribution in [0.15, 0.2) is 41.9 Å². The Labute approximate surface area is 188 Å². The number of halogens is 1. The number of hydrogen-bond donors (Lipinski definition) is 3. The SMILES string of the molecule is C=C(F)C(=O)NC1CCCN(c2cc3cnc(Nc4cnn(CCO)c4)nc3n(C)c2=O)C1. The number of pyridine rings is 1. The maximum Gasteiger partial charge on any atom is 0.279 e. The number of aliphatic hydroxyl groups is 1. The number of rotatable bonds is 7. The fraction of sp³-hybridized carbons (Fsp3) is 0.381. The molecule has 1 saturated heterocycles. The van der Waals surface area contributed by atoms with Crippen LogP contribution >= 0.6 is 0 Å². The molecule has 3 N–H and O–H groups in total. The average molecular weight is 456 g/mol. The van der Waals surface area contributed by atoms with Crippen molar-refractivity contribution in [3.63, 3.8) is 0 Å². The van der Waals surface area contributed by atoms with E-state index in [1.807, 2.05) is 4.90 Å². The molecule has 0 aliphatic carbocycles. The summed E-state index contributed by atoms with van der Waals surface area (Å²) in [5.41, 5.74) is 1.35. The van der Waals surface area contributed by atoms with Gasteiger partial charge in [-0.3, -0.25) is 18.8 Å². The lowest BCUT2D eigenvalue weighted by Gasteiger charge is -2.34. The molecule has 3 aromatic heterocycles. The second-order valence-corrected chi connectivity index (χ2v) is 7.87. The van der Waals surface area contributed by atoms with E-state index in [1.54, 1.807) is 36.4 Å². The summed E-state index contributed by atoms with van der Waals surface area (Å²) in [5.74, 6) is -1.55. The first-order valence-electron chi connectivity index (χ1n) is 10.5. The number of fused-ring (bicyclic) bond motifs is 1. The van der Waals surface area contributed by atoms with Gasteiger partial charge in [-0.2, -0.15) is 10.1 Å². The predicted molar refractivity (Wildman–Crippen MR) is 121 cm³/mol. The van der Waals surface area contributed by atoms with Crippen LogP contribution in [0.4, 0.5) is 21.7 Å². The first kappa shape index (κ1) is 22.4. The fourth-order valence-electron chi connectivity index (χ4n) is 3.88. The van der Waals surface area contributed by atoms with Crippen molar-refractivity contribution in [1.82, 2.24) is 29.6 Å². The molecular formula is C21H25FN8O3. The van der Waals surface area contributed by atoms with E-state index in [2.05, 4.69) is 32.3 Å². The third-order valence-corrected chi connectivity index (χ3v) is 5.49. The van der Waals surface area contributed by atoms with Gasteiger partial charge in [0, 0.05) is 44.0 Å². The van der Waals surface area contributed by atoms with E-state index in [1.165, 1.54) is 4.57 Å². The number of nitrogens with zero attached hydrogens (tertiary/aromatic N) is 6. The smallest absolute Gasteiger partial charge is 0.279 e. The number of carbonyl (C=O) groups excluding carboxylic acids is 1. The Morgan fingerprint density at radius 1 is 1.39 bits per heavy atom. The summed E-state index contributed by atoms with van der Waals surface area (Å²) in [5, 5.41) is 19.5. The number of nitrogens with one attached hydrogen (secondary N) is 2. The summed E-state index contributed by atoms with van der Waals surface area (Å²) >= 11 is 0. The molecule has 0 bridgehead atoms. The minimum absolute atomic E-state index is 0.0205. The van der Waals surface area contributed by atoms with Crippen molar-refractivity contribution in [2.24, 2.45) is 7.05 Å². The Bertz CT molecular complexity index is 1250. The lowest BCUT2D eigenvalue weighted by molar-refractivity contribution is -0.119. The first-order valence-corrected chi connectivity index (χ1v) is 10.5. The predicted octanol–water partition coefficient (Wildman–Crippen LogP) is 0.829. The number of carbonyl (C=O) groups is 1. The molecule has 1 amide bonds. The van der Waals surface area contributed by atoms with Crippen molar-refractivity contribution < 1.29 is 14.3 Å². The molecule has 12 heteroatoms. The molecule has 3 aromatic rings. The van der Waals surface area contributed by atoms with Gasteiger partial charge in [-0.25, -0.2) is 9.37 Å². The summed E-state index contributed by atoms with van der Waals surface area (Å²) in [7, 11) is 1.64. The number of anilines is 3. The van der Waals surface area contributed by atoms with Crippen molar-refractivity contribution in [2.45, 2.75) is 25.4 Å². The number of amides is 1. The summed E-state index contributed by atoms with van der Waals surface area (Å²) in [6, 6.07) is 1.45. The zero-order chi connectivity index (χ0) is 23.5. The normalized spacial score (nSPS) is 16.1. The van der Waals surface area contributed by atoms with Crippen LogP contribution < -0.4 is 21.1 Å². The Morgan fingerprint density at radius 3 is 2.97 bits per heavy atom. The molecule has 0 saturated carbocycles. The molecule has 174 valence electrons. The molecule has 4 rings (SSSR count). The lowest BCUT2D eigenvalue weighted by atomic mass is 10.0. The third-order valence-electron chi connectivity index (χ3n) is 5.49. The number of aromatic nitrogens is 5. The molecule has 11 nitrogen and oxygen atoms in total. The van der Waals surface area contributed by atoms with Crippen LogP contribution in [0.1, 0.15) is 12.8 Å². The maximum absolute atomic E-state index is 13.1. The van der Waals surface area contributed by atoms with Crippen molar-refractivity contribution in [3.05, 3.63) is 47.4 Å². The van der Waals surface area contributed by atoms with Crippen LogP contribution in [0.25, 0.3) is 11.0 Å². The molecule has 1 atom stereocenters. The van der Waals surface area contributed by atoms with Crippen LogP contribution in [0.2, 0.25) is 0 Å². The lowest BCUT2D eigenvalue weighted by Crippen LogP contribution is -2.49. The van der Waals surface area contributed by atoms with Crippen molar-refractivity contribution in [1.29, 1.82) is 0 Å². The summed E-state index contributed by atoms with van der Waals surface area (Å²) in [6.07, 6.45) is 6.37. The number of aliphatic hydroxyl groups excluding tert-OH is 1. The highest BCUT2D eigenvalue weighted by atomic mass is 19.1. The summed E-state index contributed by atoms with van der Waals surface area (Å²) in [4.78, 5) is 35.4. The number of piperidine rings is 1. The zero-order valence-corrected chi connectivity index (χ0v) is 18.2. The van der Waals surface area contributed by atoms with Crippen molar-refractivity contribution in [3.8, 4) is 0 Å². The molecule has 4 heterocycles. The quantitative estimate of drug-likeness (QED) is 0.446. The van der Waals surface area contributed by atoms with Gasteiger partial charge in [0.25, 0.3) is 11.5 Å². The highest BCUT2D eigenvalue weighted by Crippen LogP contribution is 2.22. The standard InChI is InChI=1S/C21H25FN8O3/c1-13(22)19(32)25-15-4-3-5-29(11-15)17-8-14-9-23-21(27-18(14)28(2)20(17)33)26-16-10-24-30(12-16)6-7-31/h8-10,12,15,31H,1,3-7,11H2,2H3,(H,25,32)(H,23,26,27). The van der Waals surface area contributed by atoms with E-state index in [0.29, 0.717) is 54.4 Å². The molecule has 1 aliphatic rings. The van der Waals surface area contributed by atoms with E-state index in [4.69, 9.17) is 5.11 Å². The maximum atomic E-state index is 13.1. The Kier molecular flexibility index (Phi) is 6.36. The molecule has 0 aromatic carbocycles. The molecule has 1 unspecified atom stereocenters. The van der Waals surface area contributed by atoms with Gasteiger partial charge >= 0.3 is 0 Å². The highest BCUT2D eigenvalue weighted by Gasteiger charge is 2.25. The molecule has 33 heavy (non-hydrogen) atoms. The molecule has 1 aliphatic heterocycles. The molecule has 0 spiro atoms. The topological polar surface area (TPSA) is 130 Å². The molecule has 0 radical (unpaired) electrons. The van der Waals surface area contributed by atoms with Crippen LogP contribution in [0.3, 0.4) is 0 Å². The van der Waals surface area contributed by atoms with Gasteiger partial charge in [-0.1, -0.05) is 6.58 Å². The van der Waals surface area contributed by atoms with Gasteiger partial charge < -0.3 is 20.6 Å². The van der Waals surface area contributed by atoms with E-state index in [9.17, 15) is 14.0 Å². The molecule has 1 fully saturated rings. The zero-order valence-electron chi connectivity index (χ0n) is 18.2.